The molecule has 0 radical (unpaired) electrons. The summed E-state index contributed by atoms with van der Waals surface area (Å²) in [4.78, 5) is 38.0. The Kier molecular flexibility index (Phi) is 15.5. The van der Waals surface area contributed by atoms with E-state index in [4.69, 9.17) is 39.2 Å². The van der Waals surface area contributed by atoms with E-state index in [-0.39, 0.29) is 5.60 Å². The molecule has 2 aromatic heterocycles. The maximum atomic E-state index is 10.6. The second-order valence-electron chi connectivity index (χ2n) is 9.91. The third kappa shape index (κ3) is 15.0. The van der Waals surface area contributed by atoms with Crippen molar-refractivity contribution in [3.63, 3.8) is 0 Å². The highest BCUT2D eigenvalue weighted by Crippen LogP contribution is 2.41. The summed E-state index contributed by atoms with van der Waals surface area (Å²) in [5, 5.41) is 21.4. The summed E-state index contributed by atoms with van der Waals surface area (Å²) in [6.45, 7) is 4.93. The number of nitrogens with zero attached hydrogens (tertiary/aromatic N) is 4. The molecule has 21 heteroatoms. The summed E-state index contributed by atoms with van der Waals surface area (Å²) >= 11 is 0. The van der Waals surface area contributed by atoms with Gasteiger partial charge in [0.25, 0.3) is 0 Å². The van der Waals surface area contributed by atoms with Crippen molar-refractivity contribution in [2.45, 2.75) is 56.5 Å². The summed E-state index contributed by atoms with van der Waals surface area (Å²) in [5.74, 6) is -6.70. The Hall–Kier alpha value is -3.98. The molecule has 1 saturated heterocycles. The standard InChI is InChI=1S/C20H28N4O2.3C2HF3O2/c1-23-10-9-22-19(23)13-24-11-12-26-20(16-24)7-4-5-17(20)14-25-15-18-6-2-3-8-21-18;3*3-2(4,5)1(6)7/h2-3,6,8-10,17H,4-5,7,11-16H2,1H3;3*(H,6,7)/t17-,20+;;;/m0.../s1. The number of imidazole rings is 1. The highest BCUT2D eigenvalue weighted by atomic mass is 19.4. The minimum absolute atomic E-state index is 0.0620. The molecule has 2 aliphatic rings. The van der Waals surface area contributed by atoms with Gasteiger partial charge in [-0.2, -0.15) is 39.5 Å². The largest absolute Gasteiger partial charge is 0.490 e. The van der Waals surface area contributed by atoms with Crippen LogP contribution in [-0.2, 0) is 44.1 Å². The summed E-state index contributed by atoms with van der Waals surface area (Å²) in [7, 11) is 2.06. The molecule has 0 unspecified atom stereocenters. The molecule has 1 aliphatic heterocycles. The average molecular weight is 699 g/mol. The number of carbonyl (C=O) groups is 3. The Morgan fingerprint density at radius 1 is 0.936 bits per heavy atom. The minimum atomic E-state index is -5.08. The number of aryl methyl sites for hydroxylation is 1. The van der Waals surface area contributed by atoms with Gasteiger partial charge in [-0.25, -0.2) is 19.4 Å². The van der Waals surface area contributed by atoms with Gasteiger partial charge in [0.2, 0.25) is 0 Å². The summed E-state index contributed by atoms with van der Waals surface area (Å²) in [5.41, 5.74) is 0.925. The smallest absolute Gasteiger partial charge is 0.475 e. The zero-order chi connectivity index (χ0) is 36.1. The molecule has 266 valence electrons. The van der Waals surface area contributed by atoms with E-state index < -0.39 is 36.4 Å². The van der Waals surface area contributed by atoms with Crippen molar-refractivity contribution in [2.75, 3.05) is 26.3 Å². The molecule has 2 atom stereocenters. The maximum Gasteiger partial charge on any atom is 0.490 e. The lowest BCUT2D eigenvalue weighted by Gasteiger charge is -2.44. The van der Waals surface area contributed by atoms with Gasteiger partial charge >= 0.3 is 36.4 Å². The lowest BCUT2D eigenvalue weighted by atomic mass is 9.89. The van der Waals surface area contributed by atoms with Crippen LogP contribution in [0.5, 0.6) is 0 Å². The number of hydrogen-bond acceptors (Lipinski definition) is 8. The van der Waals surface area contributed by atoms with E-state index in [2.05, 4.69) is 26.5 Å². The van der Waals surface area contributed by atoms with Gasteiger partial charge < -0.3 is 29.4 Å². The van der Waals surface area contributed by atoms with Gasteiger partial charge in [0.05, 0.1) is 37.7 Å². The number of ether oxygens (including phenoxy) is 2. The molecule has 1 spiro atoms. The monoisotopic (exact) mass is 698 g/mol. The van der Waals surface area contributed by atoms with Crippen LogP contribution in [0.25, 0.3) is 0 Å². The summed E-state index contributed by atoms with van der Waals surface area (Å²) in [6.07, 6.45) is -6.03. The maximum absolute atomic E-state index is 10.6. The van der Waals surface area contributed by atoms with Gasteiger partial charge in [0, 0.05) is 44.6 Å². The lowest BCUT2D eigenvalue weighted by Crippen LogP contribution is -2.54. The number of halogens is 9. The van der Waals surface area contributed by atoms with Crippen molar-refractivity contribution in [2.24, 2.45) is 13.0 Å². The fourth-order valence-corrected chi connectivity index (χ4v) is 4.30. The van der Waals surface area contributed by atoms with Crippen molar-refractivity contribution >= 4 is 17.9 Å². The van der Waals surface area contributed by atoms with Crippen molar-refractivity contribution in [1.29, 1.82) is 0 Å². The Morgan fingerprint density at radius 2 is 1.49 bits per heavy atom. The molecule has 4 rings (SSSR count). The van der Waals surface area contributed by atoms with E-state index >= 15 is 0 Å². The second-order valence-corrected chi connectivity index (χ2v) is 9.91. The van der Waals surface area contributed by atoms with Gasteiger partial charge in [-0.05, 0) is 25.0 Å². The zero-order valence-electron chi connectivity index (χ0n) is 24.5. The molecule has 3 N–H and O–H groups in total. The Labute approximate surface area is 260 Å². The molecule has 2 fully saturated rings. The highest BCUT2D eigenvalue weighted by Gasteiger charge is 2.47. The fourth-order valence-electron chi connectivity index (χ4n) is 4.30. The third-order valence-corrected chi connectivity index (χ3v) is 6.49. The SMILES string of the molecule is Cn1ccnc1CN1CCO[C@]2(CCC[C@H]2COCc2ccccn2)C1.O=C(O)C(F)(F)F.O=C(O)C(F)(F)F.O=C(O)C(F)(F)F. The first-order chi connectivity index (χ1) is 21.6. The number of carboxylic acids is 3. The fraction of sp³-hybridized carbons (Fsp3) is 0.577. The molecule has 0 bridgehead atoms. The molecule has 2 aromatic rings. The van der Waals surface area contributed by atoms with Crippen LogP contribution in [0.3, 0.4) is 0 Å². The molecule has 1 aliphatic carbocycles. The number of pyridine rings is 1. The van der Waals surface area contributed by atoms with Gasteiger partial charge in [-0.15, -0.1) is 0 Å². The number of morpholine rings is 1. The van der Waals surface area contributed by atoms with Crippen molar-refractivity contribution in [3.05, 3.63) is 48.3 Å². The molecular formula is C26H31F9N4O8. The first-order valence-electron chi connectivity index (χ1n) is 13.3. The number of aromatic nitrogens is 3. The number of rotatable bonds is 6. The average Bonchev–Trinajstić information content (AvgIpc) is 3.53. The van der Waals surface area contributed by atoms with E-state index in [9.17, 15) is 39.5 Å². The molecular weight excluding hydrogens is 667 g/mol. The Balaban J connectivity index is 0.000000430. The topological polar surface area (TPSA) is 164 Å². The summed E-state index contributed by atoms with van der Waals surface area (Å²) in [6, 6.07) is 5.94. The number of alkyl halides is 9. The van der Waals surface area contributed by atoms with Crippen LogP contribution in [0.15, 0.2) is 36.8 Å². The first-order valence-corrected chi connectivity index (χ1v) is 13.3. The van der Waals surface area contributed by atoms with Crippen molar-refractivity contribution in [3.8, 4) is 0 Å². The Morgan fingerprint density at radius 3 is 1.94 bits per heavy atom. The van der Waals surface area contributed by atoms with Crippen LogP contribution in [0, 0.1) is 5.92 Å². The lowest BCUT2D eigenvalue weighted by molar-refractivity contribution is -0.193. The van der Waals surface area contributed by atoms with Crippen LogP contribution in [0.4, 0.5) is 39.5 Å². The van der Waals surface area contributed by atoms with Crippen LogP contribution in [0.1, 0.15) is 30.8 Å². The second kappa shape index (κ2) is 17.8. The predicted molar refractivity (Wildman–Crippen MR) is 139 cm³/mol. The predicted octanol–water partition coefficient (Wildman–Crippen LogP) is 4.30. The summed E-state index contributed by atoms with van der Waals surface area (Å²) < 4.78 is 110. The Bertz CT molecular complexity index is 1220. The van der Waals surface area contributed by atoms with E-state index in [1.54, 1.807) is 0 Å². The minimum Gasteiger partial charge on any atom is -0.475 e. The molecule has 0 amide bonds. The van der Waals surface area contributed by atoms with Crippen LogP contribution >= 0.6 is 0 Å². The normalized spacial score (nSPS) is 19.7. The molecule has 3 heterocycles. The zero-order valence-corrected chi connectivity index (χ0v) is 24.5. The van der Waals surface area contributed by atoms with Gasteiger partial charge in [0.15, 0.2) is 0 Å². The molecule has 1 saturated carbocycles. The molecule has 12 nitrogen and oxygen atoms in total. The van der Waals surface area contributed by atoms with Crippen LogP contribution in [0.2, 0.25) is 0 Å². The van der Waals surface area contributed by atoms with E-state index in [1.807, 2.05) is 36.8 Å². The van der Waals surface area contributed by atoms with Gasteiger partial charge in [0.1, 0.15) is 5.82 Å². The number of carboxylic acid groups (broad SMARTS) is 3. The third-order valence-electron chi connectivity index (χ3n) is 6.49. The van der Waals surface area contributed by atoms with E-state index in [0.29, 0.717) is 12.5 Å². The number of aliphatic carboxylic acids is 3. The van der Waals surface area contributed by atoms with E-state index in [1.165, 1.54) is 12.8 Å². The first kappa shape index (κ1) is 41.0. The van der Waals surface area contributed by atoms with Crippen molar-refractivity contribution in [1.82, 2.24) is 19.4 Å². The van der Waals surface area contributed by atoms with Gasteiger partial charge in [-0.3, -0.25) is 9.88 Å². The quantitative estimate of drug-likeness (QED) is 0.369. The van der Waals surface area contributed by atoms with Crippen LogP contribution in [-0.4, -0.2) is 103 Å². The van der Waals surface area contributed by atoms with Gasteiger partial charge in [-0.1, -0.05) is 12.5 Å². The van der Waals surface area contributed by atoms with Crippen molar-refractivity contribution < 1.29 is 78.7 Å². The van der Waals surface area contributed by atoms with E-state index in [0.717, 1.165) is 50.8 Å². The molecule has 0 aromatic carbocycles. The molecule has 47 heavy (non-hydrogen) atoms. The van der Waals surface area contributed by atoms with Crippen LogP contribution < -0.4 is 0 Å². The highest BCUT2D eigenvalue weighted by molar-refractivity contribution is 5.73. The number of hydrogen-bond donors (Lipinski definition) is 3.